The normalized spacial score (nSPS) is 16.6. The van der Waals surface area contributed by atoms with Crippen LogP contribution in [0.1, 0.15) is 49.9 Å². The summed E-state index contributed by atoms with van der Waals surface area (Å²) in [7, 11) is 1.77. The number of aromatic nitrogens is 1. The second-order valence-corrected chi connectivity index (χ2v) is 13.4. The molecular formula is C35H59N7O12. The van der Waals surface area contributed by atoms with Crippen molar-refractivity contribution in [2.24, 2.45) is 11.8 Å². The van der Waals surface area contributed by atoms with Gasteiger partial charge in [0.05, 0.1) is 49.7 Å². The molecule has 3 atom stereocenters. The minimum atomic E-state index is -1.15. The lowest BCUT2D eigenvalue weighted by atomic mass is 10.1. The summed E-state index contributed by atoms with van der Waals surface area (Å²) in [6.45, 7) is -0.744. The number of aliphatic hydroxyl groups is 4. The molecule has 1 aromatic rings. The van der Waals surface area contributed by atoms with E-state index in [1.54, 1.807) is 39.9 Å². The number of carboxylic acid groups (broad SMARTS) is 3. The van der Waals surface area contributed by atoms with Gasteiger partial charge in [0.25, 0.3) is 0 Å². The molecule has 1 aliphatic heterocycles. The smallest absolute Gasteiger partial charge is 0.320 e. The zero-order valence-electron chi connectivity index (χ0n) is 31.0. The molecule has 0 spiro atoms. The van der Waals surface area contributed by atoms with Gasteiger partial charge in [-0.3, -0.25) is 43.7 Å². The highest BCUT2D eigenvalue weighted by Gasteiger charge is 2.33. The summed E-state index contributed by atoms with van der Waals surface area (Å²) in [6, 6.07) is 2.22. The number of aliphatic carboxylic acids is 3. The SMILES string of the molecule is CNCCCC(C(=O)O)N1CCN(C(CCCNC(=O)C(CO)CO)C(=O)O)CCN(C(CCCNC(=O)C(CO)CO)C(=O)O)Cc2cccc(n2)C1. The van der Waals surface area contributed by atoms with Crippen LogP contribution >= 0.6 is 0 Å². The number of rotatable bonds is 24. The van der Waals surface area contributed by atoms with Crippen LogP contribution < -0.4 is 16.0 Å². The predicted octanol–water partition coefficient (Wildman–Crippen LogP) is -2.65. The van der Waals surface area contributed by atoms with E-state index >= 15 is 0 Å². The average Bonchev–Trinajstić information content (AvgIpc) is 3.13. The van der Waals surface area contributed by atoms with Crippen molar-refractivity contribution < 1.29 is 59.7 Å². The summed E-state index contributed by atoms with van der Waals surface area (Å²) < 4.78 is 0. The first-order valence-corrected chi connectivity index (χ1v) is 18.4. The van der Waals surface area contributed by atoms with E-state index in [9.17, 15) is 59.7 Å². The lowest BCUT2D eigenvalue weighted by Crippen LogP contribution is -2.52. The van der Waals surface area contributed by atoms with Gasteiger partial charge in [-0.1, -0.05) is 6.07 Å². The minimum absolute atomic E-state index is 0.0764. The van der Waals surface area contributed by atoms with Crippen LogP contribution in [0.4, 0.5) is 0 Å². The topological polar surface area (TPSA) is 286 Å². The molecule has 306 valence electrons. The largest absolute Gasteiger partial charge is 0.480 e. The molecule has 19 nitrogen and oxygen atoms in total. The molecule has 2 heterocycles. The number of pyridine rings is 1. The van der Waals surface area contributed by atoms with Crippen molar-refractivity contribution in [1.82, 2.24) is 35.6 Å². The quantitative estimate of drug-likeness (QED) is 0.0481. The van der Waals surface area contributed by atoms with E-state index in [-0.39, 0.29) is 78.0 Å². The summed E-state index contributed by atoms with van der Waals surface area (Å²) in [5, 5.41) is 76.5. The van der Waals surface area contributed by atoms with Gasteiger partial charge in [0.2, 0.25) is 11.8 Å². The fourth-order valence-corrected chi connectivity index (χ4v) is 6.36. The Morgan fingerprint density at radius 3 is 1.31 bits per heavy atom. The zero-order valence-corrected chi connectivity index (χ0v) is 31.0. The van der Waals surface area contributed by atoms with Crippen molar-refractivity contribution in [3.8, 4) is 0 Å². The number of nitrogens with zero attached hydrogens (tertiary/aromatic N) is 4. The molecule has 1 aromatic heterocycles. The van der Waals surface area contributed by atoms with Crippen LogP contribution in [0.25, 0.3) is 0 Å². The molecule has 54 heavy (non-hydrogen) atoms. The zero-order chi connectivity index (χ0) is 40.0. The third-order valence-electron chi connectivity index (χ3n) is 9.56. The van der Waals surface area contributed by atoms with Gasteiger partial charge in [0.15, 0.2) is 0 Å². The van der Waals surface area contributed by atoms with E-state index < -0.39 is 86.1 Å². The molecule has 1 aliphatic rings. The minimum Gasteiger partial charge on any atom is -0.480 e. The summed E-state index contributed by atoms with van der Waals surface area (Å²) in [5.74, 6) is -6.44. The summed E-state index contributed by atoms with van der Waals surface area (Å²) in [5.41, 5.74) is 1.09. The Labute approximate surface area is 315 Å². The molecule has 19 heteroatoms. The lowest BCUT2D eigenvalue weighted by Gasteiger charge is -2.37. The Bertz CT molecular complexity index is 1320. The molecule has 0 fully saturated rings. The van der Waals surface area contributed by atoms with Gasteiger partial charge in [-0.05, 0) is 64.3 Å². The van der Waals surface area contributed by atoms with Crippen LogP contribution in [0.5, 0.6) is 0 Å². The summed E-state index contributed by atoms with van der Waals surface area (Å²) >= 11 is 0. The standard InChI is InChI=1S/C35H59N7O12/c1-36-11-3-8-29(34(51)52)41-16-14-40(28(33(49)50)9-4-12-37-31(47)24(20-43)21-44)15-17-42(19-27-7-2-6-26(18-41)39-27)30(35(53)54)10-5-13-38-32(48)25(22-45)23-46/h2,6-7,24-25,28-30,36,43-46H,3-5,8-23H2,1H3,(H,37,47)(H,38,48)(H,49,50)(H,51,52)(H,53,54). The Hall–Kier alpha value is -3.82. The summed E-state index contributed by atoms with van der Waals surface area (Å²) in [6.07, 6.45) is 1.56. The third-order valence-corrected chi connectivity index (χ3v) is 9.56. The lowest BCUT2D eigenvalue weighted by molar-refractivity contribution is -0.147. The Morgan fingerprint density at radius 2 is 0.963 bits per heavy atom. The van der Waals surface area contributed by atoms with Crippen LogP contribution in [0, 0.1) is 11.8 Å². The number of aliphatic hydroxyl groups excluding tert-OH is 4. The van der Waals surface area contributed by atoms with E-state index in [1.165, 1.54) is 0 Å². The number of carbonyl (C=O) groups is 5. The van der Waals surface area contributed by atoms with Crippen molar-refractivity contribution in [3.05, 3.63) is 29.6 Å². The van der Waals surface area contributed by atoms with Crippen molar-refractivity contribution in [2.75, 3.05) is 79.3 Å². The molecule has 0 saturated carbocycles. The second-order valence-electron chi connectivity index (χ2n) is 13.4. The highest BCUT2D eigenvalue weighted by atomic mass is 16.4. The van der Waals surface area contributed by atoms with Gasteiger partial charge in [0, 0.05) is 52.4 Å². The van der Waals surface area contributed by atoms with Gasteiger partial charge >= 0.3 is 17.9 Å². The fourth-order valence-electron chi connectivity index (χ4n) is 6.36. The maximum absolute atomic E-state index is 12.8. The van der Waals surface area contributed by atoms with Crippen LogP contribution in [0.15, 0.2) is 18.2 Å². The number of carboxylic acids is 3. The molecule has 0 aromatic carbocycles. The third kappa shape index (κ3) is 15.5. The second kappa shape index (κ2) is 25.3. The number of carbonyl (C=O) groups excluding carboxylic acids is 2. The summed E-state index contributed by atoms with van der Waals surface area (Å²) in [4.78, 5) is 72.4. The van der Waals surface area contributed by atoms with Crippen LogP contribution in [0.2, 0.25) is 0 Å². The molecule has 3 unspecified atom stereocenters. The monoisotopic (exact) mass is 769 g/mol. The molecule has 2 rings (SSSR count). The van der Waals surface area contributed by atoms with Gasteiger partial charge in [-0.25, -0.2) is 0 Å². The number of hydrogen-bond acceptors (Lipinski definition) is 14. The van der Waals surface area contributed by atoms with Crippen molar-refractivity contribution >= 4 is 29.7 Å². The van der Waals surface area contributed by atoms with Crippen LogP contribution in [0.3, 0.4) is 0 Å². The van der Waals surface area contributed by atoms with Crippen LogP contribution in [-0.2, 0) is 37.1 Å². The van der Waals surface area contributed by atoms with Crippen molar-refractivity contribution in [2.45, 2.75) is 69.7 Å². The number of fused-ring (bicyclic) bond motifs is 2. The molecule has 0 aliphatic carbocycles. The highest BCUT2D eigenvalue weighted by molar-refractivity contribution is 5.79. The van der Waals surface area contributed by atoms with E-state index in [2.05, 4.69) is 16.0 Å². The van der Waals surface area contributed by atoms with E-state index in [4.69, 9.17) is 4.98 Å². The highest BCUT2D eigenvalue weighted by Crippen LogP contribution is 2.19. The van der Waals surface area contributed by atoms with Crippen LogP contribution in [-0.4, -0.2) is 183 Å². The van der Waals surface area contributed by atoms with E-state index in [0.717, 1.165) is 0 Å². The first-order chi connectivity index (χ1) is 25.9. The molecule has 10 N–H and O–H groups in total. The molecule has 0 radical (unpaired) electrons. The maximum Gasteiger partial charge on any atom is 0.320 e. The first-order valence-electron chi connectivity index (χ1n) is 18.4. The Balaban J connectivity index is 2.43. The average molecular weight is 770 g/mol. The number of hydrogen-bond donors (Lipinski definition) is 10. The Kier molecular flexibility index (Phi) is 21.7. The predicted molar refractivity (Wildman–Crippen MR) is 194 cm³/mol. The van der Waals surface area contributed by atoms with Gasteiger partial charge in [-0.15, -0.1) is 0 Å². The van der Waals surface area contributed by atoms with Gasteiger partial charge in [-0.2, -0.15) is 0 Å². The first kappa shape index (κ1) is 46.3. The number of nitrogens with one attached hydrogen (secondary N) is 3. The molecular weight excluding hydrogens is 710 g/mol. The van der Waals surface area contributed by atoms with E-state index in [1.807, 2.05) is 0 Å². The molecule has 2 amide bonds. The van der Waals surface area contributed by atoms with Gasteiger partial charge in [0.1, 0.15) is 18.1 Å². The van der Waals surface area contributed by atoms with Gasteiger partial charge < -0.3 is 51.7 Å². The molecule has 2 bridgehead atoms. The molecule has 0 saturated heterocycles. The van der Waals surface area contributed by atoms with Crippen molar-refractivity contribution in [1.29, 1.82) is 0 Å². The fraction of sp³-hybridized carbons (Fsp3) is 0.714. The van der Waals surface area contributed by atoms with E-state index in [0.29, 0.717) is 30.8 Å². The number of amides is 2. The van der Waals surface area contributed by atoms with Crippen molar-refractivity contribution in [3.63, 3.8) is 0 Å². The maximum atomic E-state index is 12.8. The Morgan fingerprint density at radius 1 is 0.611 bits per heavy atom.